The fraction of sp³-hybridized carbons (Fsp3) is 0.227. The lowest BCUT2D eigenvalue weighted by molar-refractivity contribution is -0.0204. The largest absolute Gasteiger partial charge is 0.497 e. The van der Waals surface area contributed by atoms with Crippen molar-refractivity contribution in [2.24, 2.45) is 5.10 Å². The number of ether oxygens (including phenoxy) is 3. The third-order valence-corrected chi connectivity index (χ3v) is 5.21. The van der Waals surface area contributed by atoms with Crippen LogP contribution in [0.3, 0.4) is 0 Å². The predicted molar refractivity (Wildman–Crippen MR) is 104 cm³/mol. The second kappa shape index (κ2) is 6.64. The van der Waals surface area contributed by atoms with E-state index in [2.05, 4.69) is 6.07 Å². The number of hydrazone groups is 1. The average molecular weight is 376 g/mol. The van der Waals surface area contributed by atoms with E-state index < -0.39 is 6.23 Å². The van der Waals surface area contributed by atoms with Gasteiger partial charge in [0, 0.05) is 12.0 Å². The van der Waals surface area contributed by atoms with E-state index in [-0.39, 0.29) is 6.04 Å². The van der Waals surface area contributed by atoms with Crippen molar-refractivity contribution >= 4 is 5.71 Å². The maximum Gasteiger partial charge on any atom is 0.217 e. The second-order valence-electron chi connectivity index (χ2n) is 6.74. The third kappa shape index (κ3) is 2.60. The average Bonchev–Trinajstić information content (AvgIpc) is 3.42. The number of benzene rings is 2. The van der Waals surface area contributed by atoms with E-state index in [4.69, 9.17) is 23.7 Å². The zero-order valence-corrected chi connectivity index (χ0v) is 15.7. The summed E-state index contributed by atoms with van der Waals surface area (Å²) in [7, 11) is 3.30. The molecule has 0 amide bonds. The van der Waals surface area contributed by atoms with Crippen LogP contribution in [0.15, 0.2) is 70.4 Å². The fourth-order valence-electron chi connectivity index (χ4n) is 3.86. The number of para-hydroxylation sites is 1. The monoisotopic (exact) mass is 376 g/mol. The smallest absolute Gasteiger partial charge is 0.217 e. The van der Waals surface area contributed by atoms with Crippen LogP contribution < -0.4 is 14.2 Å². The molecule has 6 heteroatoms. The van der Waals surface area contributed by atoms with Gasteiger partial charge in [0.05, 0.1) is 32.1 Å². The Morgan fingerprint density at radius 3 is 2.68 bits per heavy atom. The van der Waals surface area contributed by atoms with Crippen LogP contribution in [-0.2, 0) is 0 Å². The normalized spacial score (nSPS) is 20.1. The van der Waals surface area contributed by atoms with Gasteiger partial charge in [0.2, 0.25) is 6.23 Å². The maximum atomic E-state index is 6.39. The molecule has 0 radical (unpaired) electrons. The Labute approximate surface area is 162 Å². The molecule has 142 valence electrons. The molecule has 2 aliphatic heterocycles. The number of methoxy groups -OCH3 is 2. The van der Waals surface area contributed by atoms with E-state index in [1.54, 1.807) is 20.5 Å². The highest BCUT2D eigenvalue weighted by molar-refractivity contribution is 5.99. The molecule has 2 atom stereocenters. The molecule has 0 N–H and O–H groups in total. The van der Waals surface area contributed by atoms with Crippen molar-refractivity contribution in [3.63, 3.8) is 0 Å². The molecule has 0 unspecified atom stereocenters. The molecule has 0 aliphatic carbocycles. The molecular formula is C22H20N2O4. The van der Waals surface area contributed by atoms with E-state index in [1.165, 1.54) is 0 Å². The molecule has 0 spiro atoms. The van der Waals surface area contributed by atoms with Gasteiger partial charge in [-0.25, -0.2) is 5.01 Å². The molecule has 0 saturated heterocycles. The molecule has 2 aliphatic rings. The van der Waals surface area contributed by atoms with E-state index >= 15 is 0 Å². The van der Waals surface area contributed by atoms with Crippen LogP contribution in [0.5, 0.6) is 17.2 Å². The summed E-state index contributed by atoms with van der Waals surface area (Å²) in [6.45, 7) is 0. The summed E-state index contributed by atoms with van der Waals surface area (Å²) < 4.78 is 23.0. The van der Waals surface area contributed by atoms with Crippen molar-refractivity contribution in [3.8, 4) is 17.2 Å². The molecular weight excluding hydrogens is 356 g/mol. The Balaban J connectivity index is 1.64. The minimum absolute atomic E-state index is 0.0611. The molecule has 28 heavy (non-hydrogen) atoms. The molecule has 3 aromatic rings. The van der Waals surface area contributed by atoms with Gasteiger partial charge in [0.15, 0.2) is 0 Å². The Morgan fingerprint density at radius 1 is 1.00 bits per heavy atom. The van der Waals surface area contributed by atoms with Crippen LogP contribution in [0.2, 0.25) is 0 Å². The van der Waals surface area contributed by atoms with Gasteiger partial charge in [-0.3, -0.25) is 0 Å². The predicted octanol–water partition coefficient (Wildman–Crippen LogP) is 4.54. The number of fused-ring (bicyclic) bond motifs is 3. The summed E-state index contributed by atoms with van der Waals surface area (Å²) in [4.78, 5) is 0. The number of nitrogens with zero attached hydrogens (tertiary/aromatic N) is 2. The first-order valence-corrected chi connectivity index (χ1v) is 9.15. The third-order valence-electron chi connectivity index (χ3n) is 5.21. The van der Waals surface area contributed by atoms with Crippen molar-refractivity contribution in [3.05, 3.63) is 77.7 Å². The lowest BCUT2D eigenvalue weighted by Crippen LogP contribution is -2.33. The van der Waals surface area contributed by atoms with E-state index in [0.29, 0.717) is 0 Å². The molecule has 0 saturated carbocycles. The summed E-state index contributed by atoms with van der Waals surface area (Å²) in [6, 6.07) is 17.7. The van der Waals surface area contributed by atoms with Gasteiger partial charge in [-0.1, -0.05) is 18.2 Å². The van der Waals surface area contributed by atoms with E-state index in [0.717, 1.165) is 46.3 Å². The number of hydrogen-bond donors (Lipinski definition) is 0. The van der Waals surface area contributed by atoms with Crippen LogP contribution in [0.4, 0.5) is 0 Å². The first-order valence-electron chi connectivity index (χ1n) is 9.15. The standard InChI is InChI=1S/C22H20N2O4/c1-25-14-9-10-19(26-2)16(12-14)22-24-18(15-6-3-4-7-20(15)28-22)13-17(23-24)21-8-5-11-27-21/h3-12,18,22H,13H2,1-2H3/t18-,22-/m1/s1. The summed E-state index contributed by atoms with van der Waals surface area (Å²) >= 11 is 0. The maximum absolute atomic E-state index is 6.39. The molecule has 1 aromatic heterocycles. The Bertz CT molecular complexity index is 1030. The van der Waals surface area contributed by atoms with Gasteiger partial charge in [0.25, 0.3) is 0 Å². The van der Waals surface area contributed by atoms with Crippen LogP contribution in [0.25, 0.3) is 0 Å². The summed E-state index contributed by atoms with van der Waals surface area (Å²) in [6.07, 6.45) is 1.98. The van der Waals surface area contributed by atoms with Gasteiger partial charge in [0.1, 0.15) is 28.7 Å². The summed E-state index contributed by atoms with van der Waals surface area (Å²) in [5.74, 6) is 3.10. The lowest BCUT2D eigenvalue weighted by atomic mass is 9.97. The van der Waals surface area contributed by atoms with Crippen LogP contribution >= 0.6 is 0 Å². The number of rotatable bonds is 4. The zero-order valence-electron chi connectivity index (χ0n) is 15.7. The SMILES string of the molecule is COc1ccc(OC)c([C@H]2Oc3ccccc3[C@H]3CC(c4ccco4)=NN32)c1. The van der Waals surface area contributed by atoms with Crippen molar-refractivity contribution in [1.29, 1.82) is 0 Å². The minimum Gasteiger partial charge on any atom is -0.497 e. The van der Waals surface area contributed by atoms with Gasteiger partial charge in [-0.05, 0) is 36.4 Å². The minimum atomic E-state index is -0.433. The van der Waals surface area contributed by atoms with Gasteiger partial charge >= 0.3 is 0 Å². The molecule has 3 heterocycles. The Hall–Kier alpha value is -3.41. The van der Waals surface area contributed by atoms with Gasteiger partial charge < -0.3 is 18.6 Å². The molecule has 5 rings (SSSR count). The van der Waals surface area contributed by atoms with Gasteiger partial charge in [-0.15, -0.1) is 0 Å². The highest BCUT2D eigenvalue weighted by Crippen LogP contribution is 2.49. The second-order valence-corrected chi connectivity index (χ2v) is 6.74. The highest BCUT2D eigenvalue weighted by atomic mass is 16.5. The Morgan fingerprint density at radius 2 is 1.89 bits per heavy atom. The zero-order chi connectivity index (χ0) is 19.1. The quantitative estimate of drug-likeness (QED) is 0.669. The number of furan rings is 1. The topological polar surface area (TPSA) is 56.4 Å². The van der Waals surface area contributed by atoms with Crippen molar-refractivity contribution in [2.45, 2.75) is 18.7 Å². The van der Waals surface area contributed by atoms with Crippen LogP contribution in [0.1, 0.15) is 35.6 Å². The first-order chi connectivity index (χ1) is 13.8. The molecule has 0 bridgehead atoms. The number of hydrogen-bond acceptors (Lipinski definition) is 6. The van der Waals surface area contributed by atoms with Crippen molar-refractivity contribution in [2.75, 3.05) is 14.2 Å². The first kappa shape index (κ1) is 16.7. The molecule has 2 aromatic carbocycles. The fourth-order valence-corrected chi connectivity index (χ4v) is 3.86. The molecule has 0 fully saturated rings. The van der Waals surface area contributed by atoms with Gasteiger partial charge in [-0.2, -0.15) is 5.10 Å². The van der Waals surface area contributed by atoms with Crippen molar-refractivity contribution in [1.82, 2.24) is 5.01 Å². The van der Waals surface area contributed by atoms with Crippen LogP contribution in [0, 0.1) is 0 Å². The summed E-state index contributed by atoms with van der Waals surface area (Å²) in [5, 5.41) is 6.87. The lowest BCUT2D eigenvalue weighted by Gasteiger charge is -2.38. The van der Waals surface area contributed by atoms with E-state index in [9.17, 15) is 0 Å². The Kier molecular flexibility index (Phi) is 3.97. The molecule has 6 nitrogen and oxygen atoms in total. The van der Waals surface area contributed by atoms with Crippen LogP contribution in [-0.4, -0.2) is 24.9 Å². The van der Waals surface area contributed by atoms with Crippen molar-refractivity contribution < 1.29 is 18.6 Å². The highest BCUT2D eigenvalue weighted by Gasteiger charge is 2.42. The summed E-state index contributed by atoms with van der Waals surface area (Å²) in [5.41, 5.74) is 2.89. The van der Waals surface area contributed by atoms with E-state index in [1.807, 2.05) is 53.5 Å².